The van der Waals surface area contributed by atoms with E-state index >= 15 is 0 Å². The number of amides is 1. The summed E-state index contributed by atoms with van der Waals surface area (Å²) in [5, 5.41) is 12.9. The Hall–Kier alpha value is -3.02. The highest BCUT2D eigenvalue weighted by Gasteiger charge is 2.15. The van der Waals surface area contributed by atoms with E-state index in [2.05, 4.69) is 60.0 Å². The van der Waals surface area contributed by atoms with Gasteiger partial charge in [0.1, 0.15) is 18.2 Å². The summed E-state index contributed by atoms with van der Waals surface area (Å²) in [5.74, 6) is 0.611. The lowest BCUT2D eigenvalue weighted by molar-refractivity contribution is -0.112. The van der Waals surface area contributed by atoms with Gasteiger partial charge >= 0.3 is 0 Å². The SMILES string of the molecule is COc1cc(/C=C(\C#N)C(=O)Nc2cccc(Cl)c2C)cc(I)c1OCc1cc(C)cc(C)c1. The van der Waals surface area contributed by atoms with E-state index in [-0.39, 0.29) is 5.57 Å². The molecule has 0 atom stereocenters. The number of carbonyl (C=O) groups excluding carboxylic acids is 1. The van der Waals surface area contributed by atoms with Gasteiger partial charge in [-0.3, -0.25) is 4.79 Å². The van der Waals surface area contributed by atoms with Crippen LogP contribution in [0.4, 0.5) is 5.69 Å². The molecule has 0 spiro atoms. The number of nitriles is 1. The quantitative estimate of drug-likeness (QED) is 0.184. The molecule has 3 aromatic rings. The average molecular weight is 587 g/mol. The van der Waals surface area contributed by atoms with Crippen LogP contribution in [0, 0.1) is 35.7 Å². The van der Waals surface area contributed by atoms with E-state index in [4.69, 9.17) is 21.1 Å². The van der Waals surface area contributed by atoms with Crippen LogP contribution in [0.25, 0.3) is 6.08 Å². The molecule has 0 aliphatic rings. The maximum absolute atomic E-state index is 12.7. The van der Waals surface area contributed by atoms with Gasteiger partial charge in [-0.25, -0.2) is 0 Å². The van der Waals surface area contributed by atoms with Crippen molar-refractivity contribution in [3.8, 4) is 17.6 Å². The molecule has 34 heavy (non-hydrogen) atoms. The smallest absolute Gasteiger partial charge is 0.266 e. The third kappa shape index (κ3) is 6.31. The number of benzene rings is 3. The predicted molar refractivity (Wildman–Crippen MR) is 144 cm³/mol. The monoisotopic (exact) mass is 586 g/mol. The van der Waals surface area contributed by atoms with E-state index in [0.717, 1.165) is 14.7 Å². The molecule has 0 aromatic heterocycles. The van der Waals surface area contributed by atoms with Crippen molar-refractivity contribution in [2.24, 2.45) is 0 Å². The fourth-order valence-electron chi connectivity index (χ4n) is 3.52. The first-order chi connectivity index (χ1) is 16.2. The van der Waals surface area contributed by atoms with Crippen molar-refractivity contribution >= 4 is 51.9 Å². The molecule has 0 aliphatic heterocycles. The summed E-state index contributed by atoms with van der Waals surface area (Å²) < 4.78 is 12.4. The van der Waals surface area contributed by atoms with Crippen LogP contribution in [-0.2, 0) is 11.4 Å². The normalized spacial score (nSPS) is 11.0. The number of hydrogen-bond acceptors (Lipinski definition) is 4. The van der Waals surface area contributed by atoms with Crippen molar-refractivity contribution in [2.75, 3.05) is 12.4 Å². The summed E-state index contributed by atoms with van der Waals surface area (Å²) in [7, 11) is 1.56. The van der Waals surface area contributed by atoms with Crippen LogP contribution in [0.3, 0.4) is 0 Å². The highest BCUT2D eigenvalue weighted by atomic mass is 127. The number of methoxy groups -OCH3 is 1. The molecule has 3 aromatic carbocycles. The van der Waals surface area contributed by atoms with Crippen molar-refractivity contribution in [2.45, 2.75) is 27.4 Å². The summed E-state index contributed by atoms with van der Waals surface area (Å²) in [4.78, 5) is 12.7. The molecule has 0 heterocycles. The second-order valence-corrected chi connectivity index (χ2v) is 9.42. The first-order valence-electron chi connectivity index (χ1n) is 10.5. The van der Waals surface area contributed by atoms with Crippen LogP contribution < -0.4 is 14.8 Å². The summed E-state index contributed by atoms with van der Waals surface area (Å²) in [6.45, 7) is 6.31. The zero-order chi connectivity index (χ0) is 24.8. The second kappa shape index (κ2) is 11.4. The standard InChI is InChI=1S/C27H24ClIN2O3/c1-16-8-17(2)10-20(9-16)15-34-26-23(29)12-19(13-25(26)33-4)11-21(14-30)27(32)31-24-7-5-6-22(28)18(24)3/h5-13H,15H2,1-4H3,(H,31,32)/b21-11+. The third-order valence-electron chi connectivity index (χ3n) is 5.11. The molecule has 5 nitrogen and oxygen atoms in total. The van der Waals surface area contributed by atoms with Crippen LogP contribution in [0.15, 0.2) is 54.1 Å². The van der Waals surface area contributed by atoms with E-state index in [0.29, 0.717) is 34.4 Å². The average Bonchev–Trinajstić information content (AvgIpc) is 2.78. The van der Waals surface area contributed by atoms with Crippen molar-refractivity contribution in [3.63, 3.8) is 0 Å². The van der Waals surface area contributed by atoms with Crippen LogP contribution in [0.1, 0.15) is 27.8 Å². The van der Waals surface area contributed by atoms with Crippen molar-refractivity contribution in [1.29, 1.82) is 5.26 Å². The molecule has 0 unspecified atom stereocenters. The number of ether oxygens (including phenoxy) is 2. The molecule has 0 saturated heterocycles. The van der Waals surface area contributed by atoms with Crippen LogP contribution in [0.2, 0.25) is 5.02 Å². The summed E-state index contributed by atoms with van der Waals surface area (Å²) in [5.41, 5.74) is 5.32. The molecule has 0 bridgehead atoms. The van der Waals surface area contributed by atoms with Gasteiger partial charge in [0.05, 0.1) is 10.7 Å². The van der Waals surface area contributed by atoms with Gasteiger partial charge in [-0.15, -0.1) is 0 Å². The Balaban J connectivity index is 1.84. The fraction of sp³-hybridized carbons (Fsp3) is 0.185. The molecule has 0 aliphatic carbocycles. The van der Waals surface area contributed by atoms with Gasteiger partial charge in [0.25, 0.3) is 5.91 Å². The second-order valence-electron chi connectivity index (χ2n) is 7.86. The zero-order valence-electron chi connectivity index (χ0n) is 19.3. The lowest BCUT2D eigenvalue weighted by Crippen LogP contribution is -2.14. The molecular weight excluding hydrogens is 563 g/mol. The highest BCUT2D eigenvalue weighted by molar-refractivity contribution is 14.1. The maximum Gasteiger partial charge on any atom is 0.266 e. The van der Waals surface area contributed by atoms with Gasteiger partial charge in [0.15, 0.2) is 11.5 Å². The number of hydrogen-bond donors (Lipinski definition) is 1. The number of rotatable bonds is 7. The van der Waals surface area contributed by atoms with Crippen LogP contribution in [0.5, 0.6) is 11.5 Å². The molecular formula is C27H24ClIN2O3. The van der Waals surface area contributed by atoms with Crippen molar-refractivity contribution < 1.29 is 14.3 Å². The molecule has 1 amide bonds. The number of carbonyl (C=O) groups is 1. The van der Waals surface area contributed by atoms with Gasteiger partial charge in [-0.05, 0) is 90.4 Å². The number of nitrogens with zero attached hydrogens (tertiary/aromatic N) is 1. The van der Waals surface area contributed by atoms with E-state index in [9.17, 15) is 10.1 Å². The fourth-order valence-corrected chi connectivity index (χ4v) is 4.47. The Labute approximate surface area is 218 Å². The minimum absolute atomic E-state index is 0.0406. The third-order valence-corrected chi connectivity index (χ3v) is 6.32. The van der Waals surface area contributed by atoms with Gasteiger partial charge in [0, 0.05) is 10.7 Å². The van der Waals surface area contributed by atoms with Crippen LogP contribution in [-0.4, -0.2) is 13.0 Å². The molecule has 0 saturated carbocycles. The largest absolute Gasteiger partial charge is 0.493 e. The molecule has 7 heteroatoms. The Bertz CT molecular complexity index is 1290. The summed E-state index contributed by atoms with van der Waals surface area (Å²) in [6, 6.07) is 17.1. The lowest BCUT2D eigenvalue weighted by Gasteiger charge is -2.14. The Morgan fingerprint density at radius 2 is 1.85 bits per heavy atom. The molecule has 0 fully saturated rings. The zero-order valence-corrected chi connectivity index (χ0v) is 22.2. The number of anilines is 1. The first kappa shape index (κ1) is 25.6. The number of nitrogens with one attached hydrogen (secondary N) is 1. The first-order valence-corrected chi connectivity index (χ1v) is 11.9. The highest BCUT2D eigenvalue weighted by Crippen LogP contribution is 2.35. The minimum atomic E-state index is -0.517. The van der Waals surface area contributed by atoms with Gasteiger partial charge in [-0.1, -0.05) is 47.0 Å². The predicted octanol–water partition coefficient (Wildman–Crippen LogP) is 7.00. The number of aryl methyl sites for hydroxylation is 2. The van der Waals surface area contributed by atoms with Crippen molar-refractivity contribution in [3.05, 3.63) is 90.5 Å². The van der Waals surface area contributed by atoms with Crippen LogP contribution >= 0.6 is 34.2 Å². The number of halogens is 2. The van der Waals surface area contributed by atoms with Crippen molar-refractivity contribution in [1.82, 2.24) is 0 Å². The Morgan fingerprint density at radius 1 is 1.15 bits per heavy atom. The topological polar surface area (TPSA) is 71.3 Å². The summed E-state index contributed by atoms with van der Waals surface area (Å²) in [6.07, 6.45) is 1.52. The Kier molecular flexibility index (Phi) is 8.59. The minimum Gasteiger partial charge on any atom is -0.493 e. The molecule has 1 N–H and O–H groups in total. The van der Waals surface area contributed by atoms with Gasteiger partial charge < -0.3 is 14.8 Å². The lowest BCUT2D eigenvalue weighted by atomic mass is 10.1. The van der Waals surface area contributed by atoms with E-state index in [1.165, 1.54) is 17.2 Å². The summed E-state index contributed by atoms with van der Waals surface area (Å²) >= 11 is 8.29. The van der Waals surface area contributed by atoms with E-state index in [1.807, 2.05) is 12.1 Å². The maximum atomic E-state index is 12.7. The van der Waals surface area contributed by atoms with E-state index in [1.54, 1.807) is 38.3 Å². The van der Waals surface area contributed by atoms with Gasteiger partial charge in [0.2, 0.25) is 0 Å². The van der Waals surface area contributed by atoms with Gasteiger partial charge in [-0.2, -0.15) is 5.26 Å². The molecule has 174 valence electrons. The molecule has 3 rings (SSSR count). The molecule has 0 radical (unpaired) electrons. The van der Waals surface area contributed by atoms with E-state index < -0.39 is 5.91 Å². The Morgan fingerprint density at radius 3 is 2.50 bits per heavy atom.